The second-order valence-corrected chi connectivity index (χ2v) is 5.84. The highest BCUT2D eigenvalue weighted by Gasteiger charge is 2.27. The van der Waals surface area contributed by atoms with Gasteiger partial charge in [0.2, 0.25) is 0 Å². The van der Waals surface area contributed by atoms with Crippen molar-refractivity contribution >= 4 is 15.9 Å². The van der Waals surface area contributed by atoms with E-state index in [1.165, 1.54) is 0 Å². The van der Waals surface area contributed by atoms with Crippen LogP contribution in [0.5, 0.6) is 5.75 Å². The van der Waals surface area contributed by atoms with Gasteiger partial charge in [-0.2, -0.15) is 0 Å². The van der Waals surface area contributed by atoms with E-state index < -0.39 is 0 Å². The summed E-state index contributed by atoms with van der Waals surface area (Å²) in [4.78, 5) is 0. The third kappa shape index (κ3) is 3.69. The molecule has 1 atom stereocenters. The van der Waals surface area contributed by atoms with E-state index in [9.17, 15) is 0 Å². The van der Waals surface area contributed by atoms with Gasteiger partial charge in [0.25, 0.3) is 0 Å². The molecule has 1 fully saturated rings. The van der Waals surface area contributed by atoms with Gasteiger partial charge in [0.05, 0.1) is 23.7 Å². The summed E-state index contributed by atoms with van der Waals surface area (Å²) in [6.07, 6.45) is 0. The van der Waals surface area contributed by atoms with Gasteiger partial charge in [0.15, 0.2) is 0 Å². The van der Waals surface area contributed by atoms with E-state index in [1.807, 2.05) is 24.3 Å². The Bertz CT molecular complexity index is 381. The summed E-state index contributed by atoms with van der Waals surface area (Å²) in [5.74, 6) is 0.873. The van der Waals surface area contributed by atoms with Gasteiger partial charge >= 0.3 is 0 Å². The van der Waals surface area contributed by atoms with Crippen LogP contribution in [0.2, 0.25) is 0 Å². The summed E-state index contributed by atoms with van der Waals surface area (Å²) < 4.78 is 12.3. The van der Waals surface area contributed by atoms with Gasteiger partial charge in [-0.1, -0.05) is 12.1 Å². The molecular formula is C13H18BrNO2. The minimum Gasteiger partial charge on any atom is -0.491 e. The molecule has 94 valence electrons. The molecule has 0 amide bonds. The van der Waals surface area contributed by atoms with Gasteiger partial charge in [-0.3, -0.25) is 0 Å². The molecule has 0 spiro atoms. The molecule has 0 saturated carbocycles. The molecule has 1 saturated heterocycles. The van der Waals surface area contributed by atoms with Gasteiger partial charge in [0.1, 0.15) is 12.4 Å². The third-order valence-corrected chi connectivity index (χ3v) is 3.31. The van der Waals surface area contributed by atoms with Gasteiger partial charge < -0.3 is 14.8 Å². The van der Waals surface area contributed by atoms with Crippen molar-refractivity contribution in [1.82, 2.24) is 5.32 Å². The Morgan fingerprint density at radius 3 is 2.94 bits per heavy atom. The van der Waals surface area contributed by atoms with Crippen molar-refractivity contribution in [2.24, 2.45) is 0 Å². The van der Waals surface area contributed by atoms with E-state index in [0.29, 0.717) is 13.2 Å². The number of morpholine rings is 1. The van der Waals surface area contributed by atoms with Gasteiger partial charge in [-0.05, 0) is 41.9 Å². The number of para-hydroxylation sites is 1. The van der Waals surface area contributed by atoms with Crippen LogP contribution in [-0.4, -0.2) is 31.4 Å². The molecule has 1 aromatic carbocycles. The molecule has 1 N–H and O–H groups in total. The smallest absolute Gasteiger partial charge is 0.133 e. The van der Waals surface area contributed by atoms with E-state index >= 15 is 0 Å². The van der Waals surface area contributed by atoms with Crippen molar-refractivity contribution in [2.45, 2.75) is 25.4 Å². The molecule has 1 heterocycles. The van der Waals surface area contributed by atoms with Crippen molar-refractivity contribution in [3.63, 3.8) is 0 Å². The monoisotopic (exact) mass is 299 g/mol. The first-order valence-electron chi connectivity index (χ1n) is 5.80. The van der Waals surface area contributed by atoms with Gasteiger partial charge in [-0.25, -0.2) is 0 Å². The van der Waals surface area contributed by atoms with Crippen LogP contribution < -0.4 is 10.1 Å². The lowest BCUT2D eigenvalue weighted by Gasteiger charge is -2.36. The van der Waals surface area contributed by atoms with Crippen molar-refractivity contribution in [1.29, 1.82) is 0 Å². The second-order valence-electron chi connectivity index (χ2n) is 4.98. The molecule has 4 heteroatoms. The maximum absolute atomic E-state index is 5.78. The molecular weight excluding hydrogens is 282 g/mol. The molecule has 1 aliphatic rings. The van der Waals surface area contributed by atoms with Crippen LogP contribution in [0.3, 0.4) is 0 Å². The Hall–Kier alpha value is -0.580. The first-order chi connectivity index (χ1) is 8.07. The predicted octanol–water partition coefficient (Wildman–Crippen LogP) is 2.59. The summed E-state index contributed by atoms with van der Waals surface area (Å²) in [6, 6.07) is 8.12. The third-order valence-electron chi connectivity index (χ3n) is 2.65. The molecule has 1 aromatic rings. The fourth-order valence-corrected chi connectivity index (χ4v) is 2.33. The minimum atomic E-state index is 0.0280. The van der Waals surface area contributed by atoms with Crippen LogP contribution in [0, 0.1) is 0 Å². The number of nitrogens with one attached hydrogen (secondary N) is 1. The van der Waals surface area contributed by atoms with Crippen LogP contribution in [0.15, 0.2) is 28.7 Å². The van der Waals surface area contributed by atoms with Gasteiger partial charge in [0, 0.05) is 5.54 Å². The number of hydrogen-bond acceptors (Lipinski definition) is 3. The summed E-state index contributed by atoms with van der Waals surface area (Å²) in [7, 11) is 0. The minimum absolute atomic E-state index is 0.0280. The van der Waals surface area contributed by atoms with Crippen molar-refractivity contribution in [3.8, 4) is 5.75 Å². The van der Waals surface area contributed by atoms with Crippen LogP contribution in [0.25, 0.3) is 0 Å². The standard InChI is InChI=1S/C13H18BrNO2/c1-13(2)9-16-7-10(15-13)8-17-12-6-4-3-5-11(12)14/h3-6,10,15H,7-9H2,1-2H3. The second kappa shape index (κ2) is 5.38. The maximum Gasteiger partial charge on any atom is 0.133 e. The first-order valence-corrected chi connectivity index (χ1v) is 6.59. The summed E-state index contributed by atoms with van der Waals surface area (Å²) in [6.45, 7) is 6.34. The highest BCUT2D eigenvalue weighted by atomic mass is 79.9. The lowest BCUT2D eigenvalue weighted by Crippen LogP contribution is -2.57. The zero-order chi connectivity index (χ0) is 12.3. The molecule has 3 nitrogen and oxygen atoms in total. The molecule has 0 bridgehead atoms. The molecule has 1 unspecified atom stereocenters. The Kier molecular flexibility index (Phi) is 4.07. The fourth-order valence-electron chi connectivity index (χ4n) is 1.93. The molecule has 17 heavy (non-hydrogen) atoms. The predicted molar refractivity (Wildman–Crippen MR) is 71.5 cm³/mol. The van der Waals surface area contributed by atoms with E-state index in [2.05, 4.69) is 35.1 Å². The van der Waals surface area contributed by atoms with Crippen LogP contribution >= 0.6 is 15.9 Å². The van der Waals surface area contributed by atoms with Crippen molar-refractivity contribution in [3.05, 3.63) is 28.7 Å². The topological polar surface area (TPSA) is 30.5 Å². The molecule has 1 aliphatic heterocycles. The zero-order valence-electron chi connectivity index (χ0n) is 10.2. The average molecular weight is 300 g/mol. The highest BCUT2D eigenvalue weighted by molar-refractivity contribution is 9.10. The quantitative estimate of drug-likeness (QED) is 0.931. The maximum atomic E-state index is 5.78. The van der Waals surface area contributed by atoms with E-state index in [4.69, 9.17) is 9.47 Å². The Labute approximate surface area is 111 Å². The van der Waals surface area contributed by atoms with E-state index in [-0.39, 0.29) is 11.6 Å². The number of rotatable bonds is 3. The Morgan fingerprint density at radius 2 is 2.24 bits per heavy atom. The van der Waals surface area contributed by atoms with Crippen LogP contribution in [0.1, 0.15) is 13.8 Å². The Morgan fingerprint density at radius 1 is 1.47 bits per heavy atom. The van der Waals surface area contributed by atoms with Crippen LogP contribution in [0.4, 0.5) is 0 Å². The fraction of sp³-hybridized carbons (Fsp3) is 0.538. The molecule has 0 radical (unpaired) electrons. The lowest BCUT2D eigenvalue weighted by molar-refractivity contribution is 0.000875. The summed E-state index contributed by atoms with van der Waals surface area (Å²) in [5, 5.41) is 3.52. The number of ether oxygens (including phenoxy) is 2. The molecule has 0 aromatic heterocycles. The first kappa shape index (κ1) is 12.9. The van der Waals surface area contributed by atoms with Gasteiger partial charge in [-0.15, -0.1) is 0 Å². The molecule has 0 aliphatic carbocycles. The SMILES string of the molecule is CC1(C)COCC(COc2ccccc2Br)N1. The number of hydrogen-bond donors (Lipinski definition) is 1. The normalized spacial score (nSPS) is 23.4. The highest BCUT2D eigenvalue weighted by Crippen LogP contribution is 2.24. The van der Waals surface area contributed by atoms with Crippen molar-refractivity contribution in [2.75, 3.05) is 19.8 Å². The van der Waals surface area contributed by atoms with E-state index in [1.54, 1.807) is 0 Å². The number of halogens is 1. The Balaban J connectivity index is 1.88. The summed E-state index contributed by atoms with van der Waals surface area (Å²) in [5.41, 5.74) is 0.0280. The number of benzene rings is 1. The lowest BCUT2D eigenvalue weighted by atomic mass is 10.0. The average Bonchev–Trinajstić information content (AvgIpc) is 2.27. The largest absolute Gasteiger partial charge is 0.491 e. The van der Waals surface area contributed by atoms with Crippen LogP contribution in [-0.2, 0) is 4.74 Å². The summed E-state index contributed by atoms with van der Waals surface area (Å²) >= 11 is 3.47. The zero-order valence-corrected chi connectivity index (χ0v) is 11.8. The van der Waals surface area contributed by atoms with Crippen molar-refractivity contribution < 1.29 is 9.47 Å². The molecule has 2 rings (SSSR count). The van der Waals surface area contributed by atoms with E-state index in [0.717, 1.165) is 16.8 Å².